The second kappa shape index (κ2) is 4.24. The fourth-order valence-corrected chi connectivity index (χ4v) is 1.31. The maximum atomic E-state index is 5.99. The predicted molar refractivity (Wildman–Crippen MR) is 57.5 cm³/mol. The van der Waals surface area contributed by atoms with E-state index in [1.54, 1.807) is 0 Å². The average Bonchev–Trinajstić information content (AvgIpc) is 2.04. The summed E-state index contributed by atoms with van der Waals surface area (Å²) in [6, 6.07) is 8.45. The molecule has 0 radical (unpaired) electrons. The third kappa shape index (κ3) is 3.03. The minimum Gasteiger partial charge on any atom is -0.324 e. The fraction of sp³-hybridized carbons (Fsp3) is 0.333. The van der Waals surface area contributed by atoms with Crippen molar-refractivity contribution in [3.05, 3.63) is 47.5 Å². The van der Waals surface area contributed by atoms with Crippen molar-refractivity contribution in [3.63, 3.8) is 0 Å². The maximum Gasteiger partial charge on any atom is 0.0332 e. The molecule has 1 heteroatoms. The van der Waals surface area contributed by atoms with Crippen LogP contribution in [-0.2, 0) is 0 Å². The first-order valence-corrected chi connectivity index (χ1v) is 4.56. The third-order valence-corrected chi connectivity index (χ3v) is 2.07. The SMILES string of the molecule is C=C(C)C[C@H](N)c1ccc(C)cc1. The minimum absolute atomic E-state index is 0.0955. The topological polar surface area (TPSA) is 26.0 Å². The molecule has 2 N–H and O–H groups in total. The summed E-state index contributed by atoms with van der Waals surface area (Å²) in [4.78, 5) is 0. The van der Waals surface area contributed by atoms with Crippen LogP contribution in [0.5, 0.6) is 0 Å². The van der Waals surface area contributed by atoms with Crippen molar-refractivity contribution in [2.75, 3.05) is 0 Å². The zero-order chi connectivity index (χ0) is 9.84. The highest BCUT2D eigenvalue weighted by atomic mass is 14.6. The number of benzene rings is 1. The van der Waals surface area contributed by atoms with Crippen LogP contribution in [0.4, 0.5) is 0 Å². The van der Waals surface area contributed by atoms with Gasteiger partial charge in [-0.1, -0.05) is 35.4 Å². The minimum atomic E-state index is 0.0955. The fourth-order valence-electron chi connectivity index (χ4n) is 1.31. The first-order valence-electron chi connectivity index (χ1n) is 4.56. The molecule has 0 amide bonds. The van der Waals surface area contributed by atoms with E-state index < -0.39 is 0 Å². The zero-order valence-corrected chi connectivity index (χ0v) is 8.38. The van der Waals surface area contributed by atoms with Gasteiger partial charge >= 0.3 is 0 Å². The molecule has 13 heavy (non-hydrogen) atoms. The lowest BCUT2D eigenvalue weighted by atomic mass is 10.0. The number of hydrogen-bond donors (Lipinski definition) is 1. The zero-order valence-electron chi connectivity index (χ0n) is 8.38. The first-order chi connectivity index (χ1) is 6.09. The van der Waals surface area contributed by atoms with Crippen molar-refractivity contribution < 1.29 is 0 Å². The molecule has 0 saturated heterocycles. The van der Waals surface area contributed by atoms with Gasteiger partial charge in [0.15, 0.2) is 0 Å². The van der Waals surface area contributed by atoms with Crippen LogP contribution in [0.3, 0.4) is 0 Å². The van der Waals surface area contributed by atoms with Crippen molar-refractivity contribution in [1.82, 2.24) is 0 Å². The molecule has 70 valence electrons. The molecule has 0 unspecified atom stereocenters. The number of rotatable bonds is 3. The molecule has 0 heterocycles. The Morgan fingerprint density at radius 1 is 1.38 bits per heavy atom. The van der Waals surface area contributed by atoms with Crippen molar-refractivity contribution >= 4 is 0 Å². The van der Waals surface area contributed by atoms with Crippen LogP contribution in [0.1, 0.15) is 30.5 Å². The van der Waals surface area contributed by atoms with E-state index in [1.807, 2.05) is 6.92 Å². The van der Waals surface area contributed by atoms with Gasteiger partial charge in [-0.15, -0.1) is 6.58 Å². The van der Waals surface area contributed by atoms with Crippen LogP contribution in [0, 0.1) is 6.92 Å². The molecular weight excluding hydrogens is 158 g/mol. The van der Waals surface area contributed by atoms with Gasteiger partial charge in [-0.25, -0.2) is 0 Å². The highest BCUT2D eigenvalue weighted by Gasteiger charge is 2.04. The van der Waals surface area contributed by atoms with E-state index in [9.17, 15) is 0 Å². The summed E-state index contributed by atoms with van der Waals surface area (Å²) >= 11 is 0. The Kier molecular flexibility index (Phi) is 3.26. The summed E-state index contributed by atoms with van der Waals surface area (Å²) in [6.45, 7) is 7.94. The Labute approximate surface area is 80.3 Å². The van der Waals surface area contributed by atoms with E-state index in [-0.39, 0.29) is 6.04 Å². The summed E-state index contributed by atoms with van der Waals surface area (Å²) in [6.07, 6.45) is 0.864. The summed E-state index contributed by atoms with van der Waals surface area (Å²) in [7, 11) is 0. The molecule has 1 atom stereocenters. The Balaban J connectivity index is 2.71. The standard InChI is InChI=1S/C12H17N/c1-9(2)8-12(13)11-6-4-10(3)5-7-11/h4-7,12H,1,8,13H2,2-3H3/t12-/m0/s1. The third-order valence-electron chi connectivity index (χ3n) is 2.07. The van der Waals surface area contributed by atoms with Crippen molar-refractivity contribution in [2.24, 2.45) is 5.73 Å². The molecule has 0 aliphatic rings. The van der Waals surface area contributed by atoms with Crippen LogP contribution < -0.4 is 5.73 Å². The smallest absolute Gasteiger partial charge is 0.0332 e. The summed E-state index contributed by atoms with van der Waals surface area (Å²) in [5.74, 6) is 0. The van der Waals surface area contributed by atoms with Gasteiger partial charge in [0.2, 0.25) is 0 Å². The second-order valence-corrected chi connectivity index (χ2v) is 3.68. The quantitative estimate of drug-likeness (QED) is 0.702. The van der Waals surface area contributed by atoms with E-state index in [0.717, 1.165) is 12.0 Å². The van der Waals surface area contributed by atoms with Crippen LogP contribution in [0.15, 0.2) is 36.4 Å². The maximum absolute atomic E-state index is 5.99. The molecule has 0 spiro atoms. The molecule has 0 aliphatic heterocycles. The molecule has 0 aromatic heterocycles. The Morgan fingerprint density at radius 2 is 1.92 bits per heavy atom. The summed E-state index contributed by atoms with van der Waals surface area (Å²) in [5, 5.41) is 0. The lowest BCUT2D eigenvalue weighted by Crippen LogP contribution is -2.10. The van der Waals surface area contributed by atoms with E-state index in [1.165, 1.54) is 11.1 Å². The molecule has 1 rings (SSSR count). The van der Waals surface area contributed by atoms with Crippen LogP contribution >= 0.6 is 0 Å². The van der Waals surface area contributed by atoms with Gasteiger partial charge in [-0.05, 0) is 25.8 Å². The average molecular weight is 175 g/mol. The van der Waals surface area contributed by atoms with Crippen molar-refractivity contribution in [3.8, 4) is 0 Å². The molecule has 0 aliphatic carbocycles. The van der Waals surface area contributed by atoms with Crippen LogP contribution in [0.2, 0.25) is 0 Å². The van der Waals surface area contributed by atoms with Crippen molar-refractivity contribution in [1.29, 1.82) is 0 Å². The van der Waals surface area contributed by atoms with Crippen molar-refractivity contribution in [2.45, 2.75) is 26.3 Å². The van der Waals surface area contributed by atoms with Crippen LogP contribution in [-0.4, -0.2) is 0 Å². The van der Waals surface area contributed by atoms with E-state index in [0.29, 0.717) is 0 Å². The van der Waals surface area contributed by atoms with Gasteiger partial charge in [-0.2, -0.15) is 0 Å². The van der Waals surface area contributed by atoms with Gasteiger partial charge in [0.25, 0.3) is 0 Å². The van der Waals surface area contributed by atoms with Gasteiger partial charge < -0.3 is 5.73 Å². The van der Waals surface area contributed by atoms with Crippen LogP contribution in [0.25, 0.3) is 0 Å². The molecule has 1 aromatic rings. The largest absolute Gasteiger partial charge is 0.324 e. The highest BCUT2D eigenvalue weighted by molar-refractivity contribution is 5.24. The molecule has 1 nitrogen and oxygen atoms in total. The monoisotopic (exact) mass is 175 g/mol. The molecule has 0 saturated carbocycles. The Hall–Kier alpha value is -1.08. The van der Waals surface area contributed by atoms with Gasteiger partial charge in [-0.3, -0.25) is 0 Å². The lowest BCUT2D eigenvalue weighted by molar-refractivity contribution is 0.717. The van der Waals surface area contributed by atoms with Gasteiger partial charge in [0, 0.05) is 6.04 Å². The normalized spacial score (nSPS) is 12.5. The molecular formula is C12H17N. The predicted octanol–water partition coefficient (Wildman–Crippen LogP) is 2.96. The first kappa shape index (κ1) is 10.0. The van der Waals surface area contributed by atoms with Gasteiger partial charge in [0.1, 0.15) is 0 Å². The van der Waals surface area contributed by atoms with E-state index in [4.69, 9.17) is 5.73 Å². The molecule has 1 aromatic carbocycles. The number of nitrogens with two attached hydrogens (primary N) is 1. The van der Waals surface area contributed by atoms with Gasteiger partial charge in [0.05, 0.1) is 0 Å². The summed E-state index contributed by atoms with van der Waals surface area (Å²) < 4.78 is 0. The Morgan fingerprint density at radius 3 is 2.38 bits per heavy atom. The lowest BCUT2D eigenvalue weighted by Gasteiger charge is -2.11. The Bertz CT molecular complexity index is 284. The highest BCUT2D eigenvalue weighted by Crippen LogP contribution is 2.17. The second-order valence-electron chi connectivity index (χ2n) is 3.68. The van der Waals surface area contributed by atoms with E-state index in [2.05, 4.69) is 37.8 Å². The molecule has 0 fully saturated rings. The molecule has 0 bridgehead atoms. The van der Waals surface area contributed by atoms with E-state index >= 15 is 0 Å². The number of aryl methyl sites for hydroxylation is 1. The summed E-state index contributed by atoms with van der Waals surface area (Å²) in [5.41, 5.74) is 9.58. The number of hydrogen-bond acceptors (Lipinski definition) is 1.